The summed E-state index contributed by atoms with van der Waals surface area (Å²) in [7, 11) is 1.45. The first-order chi connectivity index (χ1) is 13.9. The summed E-state index contributed by atoms with van der Waals surface area (Å²) in [5.74, 6) is 1.98. The highest BCUT2D eigenvalue weighted by Gasteiger charge is 2.36. The number of nitrogens with zero attached hydrogens (tertiary/aromatic N) is 1. The standard InChI is InChI=1S/C20H15BrN2O6/c1-3-6-29-17-15(21)9-12(10-16(17)27-2)8-14-18(24)22-20(26)23(19(14)25)11-13-5-4-7-28-13/h1,4-5,7-10H,6,11H2,2H3,(H,22,24,26)/b14-8+. The van der Waals surface area contributed by atoms with Gasteiger partial charge in [-0.1, -0.05) is 5.92 Å². The van der Waals surface area contributed by atoms with Gasteiger partial charge in [0.2, 0.25) is 0 Å². The molecule has 1 aromatic heterocycles. The van der Waals surface area contributed by atoms with Gasteiger partial charge in [0.1, 0.15) is 17.9 Å². The second-order valence-corrected chi connectivity index (χ2v) is 6.67. The van der Waals surface area contributed by atoms with Crippen LogP contribution in [0.2, 0.25) is 0 Å². The molecule has 8 nitrogen and oxygen atoms in total. The van der Waals surface area contributed by atoms with Crippen molar-refractivity contribution in [3.05, 3.63) is 51.9 Å². The van der Waals surface area contributed by atoms with Crippen molar-refractivity contribution >= 4 is 39.9 Å². The molecule has 2 heterocycles. The van der Waals surface area contributed by atoms with E-state index in [4.69, 9.17) is 20.3 Å². The van der Waals surface area contributed by atoms with E-state index in [9.17, 15) is 14.4 Å². The van der Waals surface area contributed by atoms with Crippen LogP contribution in [-0.2, 0) is 16.1 Å². The van der Waals surface area contributed by atoms with Crippen LogP contribution in [0, 0.1) is 12.3 Å². The number of rotatable bonds is 6. The van der Waals surface area contributed by atoms with Gasteiger partial charge in [0, 0.05) is 0 Å². The van der Waals surface area contributed by atoms with E-state index in [0.29, 0.717) is 27.3 Å². The van der Waals surface area contributed by atoms with Crippen molar-refractivity contribution in [3.63, 3.8) is 0 Å². The van der Waals surface area contributed by atoms with Crippen molar-refractivity contribution < 1.29 is 28.3 Å². The van der Waals surface area contributed by atoms with Crippen LogP contribution >= 0.6 is 15.9 Å². The molecule has 0 atom stereocenters. The molecular weight excluding hydrogens is 444 g/mol. The first kappa shape index (κ1) is 20.2. The summed E-state index contributed by atoms with van der Waals surface area (Å²) in [5, 5.41) is 2.15. The van der Waals surface area contributed by atoms with E-state index in [1.807, 2.05) is 0 Å². The smallest absolute Gasteiger partial charge is 0.331 e. The van der Waals surface area contributed by atoms with Gasteiger partial charge in [-0.3, -0.25) is 19.8 Å². The maximum Gasteiger partial charge on any atom is 0.331 e. The van der Waals surface area contributed by atoms with Gasteiger partial charge in [-0.2, -0.15) is 0 Å². The minimum absolute atomic E-state index is 0.0418. The lowest BCUT2D eigenvalue weighted by molar-refractivity contribution is -0.130. The largest absolute Gasteiger partial charge is 0.493 e. The highest BCUT2D eigenvalue weighted by molar-refractivity contribution is 9.10. The van der Waals surface area contributed by atoms with E-state index in [0.717, 1.165) is 4.90 Å². The molecule has 9 heteroatoms. The van der Waals surface area contributed by atoms with Crippen molar-refractivity contribution in [2.24, 2.45) is 0 Å². The van der Waals surface area contributed by atoms with Gasteiger partial charge >= 0.3 is 6.03 Å². The maximum atomic E-state index is 12.8. The van der Waals surface area contributed by atoms with Gasteiger partial charge < -0.3 is 13.9 Å². The number of carbonyl (C=O) groups is 3. The van der Waals surface area contributed by atoms with Crippen LogP contribution < -0.4 is 14.8 Å². The average Bonchev–Trinajstić information content (AvgIpc) is 3.20. The van der Waals surface area contributed by atoms with Crippen molar-refractivity contribution in [2.45, 2.75) is 6.54 Å². The molecular formula is C20H15BrN2O6. The molecule has 1 aliphatic heterocycles. The molecule has 0 spiro atoms. The lowest BCUT2D eigenvalue weighted by atomic mass is 10.1. The first-order valence-corrected chi connectivity index (χ1v) is 9.09. The number of nitrogens with one attached hydrogen (secondary N) is 1. The van der Waals surface area contributed by atoms with Crippen molar-refractivity contribution in [2.75, 3.05) is 13.7 Å². The first-order valence-electron chi connectivity index (χ1n) is 8.29. The van der Waals surface area contributed by atoms with E-state index < -0.39 is 17.8 Å². The summed E-state index contributed by atoms with van der Waals surface area (Å²) in [6.45, 7) is -0.0612. The second-order valence-electron chi connectivity index (χ2n) is 5.81. The van der Waals surface area contributed by atoms with Crippen molar-refractivity contribution in [1.29, 1.82) is 0 Å². The van der Waals surface area contributed by atoms with Crippen LogP contribution in [0.5, 0.6) is 11.5 Å². The zero-order chi connectivity index (χ0) is 21.0. The van der Waals surface area contributed by atoms with E-state index in [2.05, 4.69) is 27.2 Å². The lowest BCUT2D eigenvalue weighted by Crippen LogP contribution is -2.53. The molecule has 1 saturated heterocycles. The Hall–Kier alpha value is -3.51. The zero-order valence-electron chi connectivity index (χ0n) is 15.2. The molecule has 0 saturated carbocycles. The third kappa shape index (κ3) is 4.33. The van der Waals surface area contributed by atoms with Gasteiger partial charge in [-0.15, -0.1) is 6.42 Å². The molecule has 4 amide bonds. The summed E-state index contributed by atoms with van der Waals surface area (Å²) in [4.78, 5) is 38.0. The molecule has 148 valence electrons. The maximum absolute atomic E-state index is 12.8. The zero-order valence-corrected chi connectivity index (χ0v) is 16.8. The Kier molecular flexibility index (Phi) is 6.04. The molecule has 1 aliphatic rings. The molecule has 1 aromatic carbocycles. The normalized spacial score (nSPS) is 15.3. The van der Waals surface area contributed by atoms with Gasteiger partial charge in [-0.25, -0.2) is 4.79 Å². The van der Waals surface area contributed by atoms with Crippen molar-refractivity contribution in [3.8, 4) is 23.8 Å². The predicted molar refractivity (Wildman–Crippen MR) is 106 cm³/mol. The number of carbonyl (C=O) groups excluding carboxylic acids is 3. The minimum atomic E-state index is -0.814. The Morgan fingerprint density at radius 2 is 2.14 bits per heavy atom. The second kappa shape index (κ2) is 8.67. The third-order valence-corrected chi connectivity index (χ3v) is 4.53. The highest BCUT2D eigenvalue weighted by Crippen LogP contribution is 2.37. The summed E-state index contributed by atoms with van der Waals surface area (Å²) >= 11 is 3.36. The average molecular weight is 459 g/mol. The fourth-order valence-corrected chi connectivity index (χ4v) is 3.21. The van der Waals surface area contributed by atoms with Crippen molar-refractivity contribution in [1.82, 2.24) is 10.2 Å². The lowest BCUT2D eigenvalue weighted by Gasteiger charge is -2.25. The fourth-order valence-electron chi connectivity index (χ4n) is 2.64. The Balaban J connectivity index is 1.94. The molecule has 0 unspecified atom stereocenters. The van der Waals surface area contributed by atoms with Crippen LogP contribution in [0.3, 0.4) is 0 Å². The fraction of sp³-hybridized carbons (Fsp3) is 0.150. The molecule has 3 rings (SSSR count). The predicted octanol–water partition coefficient (Wildman–Crippen LogP) is 2.72. The topological polar surface area (TPSA) is 98.1 Å². The number of benzene rings is 1. The quantitative estimate of drug-likeness (QED) is 0.406. The summed E-state index contributed by atoms with van der Waals surface area (Å²) in [5.41, 5.74) is 0.273. The highest BCUT2D eigenvalue weighted by atomic mass is 79.9. The summed E-state index contributed by atoms with van der Waals surface area (Å²) < 4.78 is 16.4. The number of barbiturate groups is 1. The van der Waals surface area contributed by atoms with Crippen LogP contribution in [-0.4, -0.2) is 36.5 Å². The molecule has 1 N–H and O–H groups in total. The summed E-state index contributed by atoms with van der Waals surface area (Å²) in [6, 6.07) is 5.66. The van der Waals surface area contributed by atoms with Gasteiger partial charge in [-0.05, 0) is 51.8 Å². The van der Waals surface area contributed by atoms with Gasteiger partial charge in [0.25, 0.3) is 11.8 Å². The summed E-state index contributed by atoms with van der Waals surface area (Å²) in [6.07, 6.45) is 8.00. The Labute approximate surface area is 174 Å². The number of imide groups is 2. The number of hydrogen-bond donors (Lipinski definition) is 1. The van der Waals surface area contributed by atoms with Crippen LogP contribution in [0.15, 0.2) is 45.0 Å². The monoisotopic (exact) mass is 458 g/mol. The Morgan fingerprint density at radius 3 is 2.79 bits per heavy atom. The van der Waals surface area contributed by atoms with Gasteiger partial charge in [0.15, 0.2) is 11.5 Å². The number of hydrogen-bond acceptors (Lipinski definition) is 6. The number of methoxy groups -OCH3 is 1. The van der Waals surface area contributed by atoms with Crippen LogP contribution in [0.1, 0.15) is 11.3 Å². The molecule has 0 bridgehead atoms. The minimum Gasteiger partial charge on any atom is -0.493 e. The molecule has 0 radical (unpaired) electrons. The van der Waals surface area contributed by atoms with Crippen LogP contribution in [0.25, 0.3) is 6.08 Å². The van der Waals surface area contributed by atoms with E-state index in [1.165, 1.54) is 19.4 Å². The van der Waals surface area contributed by atoms with E-state index in [-0.39, 0.29) is 18.7 Å². The Morgan fingerprint density at radius 1 is 1.34 bits per heavy atom. The molecule has 29 heavy (non-hydrogen) atoms. The number of amides is 4. The van der Waals surface area contributed by atoms with E-state index in [1.54, 1.807) is 24.3 Å². The Bertz CT molecular complexity index is 1040. The number of ether oxygens (including phenoxy) is 2. The number of furan rings is 1. The van der Waals surface area contributed by atoms with E-state index >= 15 is 0 Å². The number of urea groups is 1. The number of halogens is 1. The van der Waals surface area contributed by atoms with Crippen LogP contribution in [0.4, 0.5) is 4.79 Å². The SMILES string of the molecule is C#CCOc1c(Br)cc(/C=C2\C(=O)NC(=O)N(Cc3ccco3)C2=O)cc1OC. The molecule has 1 fully saturated rings. The third-order valence-electron chi connectivity index (χ3n) is 3.94. The van der Waals surface area contributed by atoms with Gasteiger partial charge in [0.05, 0.1) is 24.4 Å². The molecule has 2 aromatic rings. The number of terminal acetylenes is 1. The molecule has 0 aliphatic carbocycles.